The maximum Gasteiger partial charge on any atom is 0.251 e. The van der Waals surface area contributed by atoms with E-state index in [1.807, 2.05) is 19.1 Å². The molecule has 3 N–H and O–H groups in total. The zero-order valence-electron chi connectivity index (χ0n) is 12.7. The molecule has 4 heteroatoms. The quantitative estimate of drug-likeness (QED) is 0.749. The Morgan fingerprint density at radius 1 is 1.35 bits per heavy atom. The molecule has 0 aliphatic rings. The monoisotopic (exact) mass is 298 g/mol. The van der Waals surface area contributed by atoms with Gasteiger partial charge >= 0.3 is 0 Å². The second-order valence-corrected chi connectivity index (χ2v) is 5.20. The Morgan fingerprint density at radius 3 is 2.65 bits per heavy atom. The fourth-order valence-electron chi connectivity index (χ4n) is 2.16. The molecule has 1 rings (SSSR count). The van der Waals surface area contributed by atoms with Crippen LogP contribution in [0.25, 0.3) is 0 Å². The lowest BCUT2D eigenvalue weighted by Crippen LogP contribution is -2.29. The van der Waals surface area contributed by atoms with Gasteiger partial charge in [0.15, 0.2) is 0 Å². The van der Waals surface area contributed by atoms with Gasteiger partial charge in [0, 0.05) is 17.8 Å². The summed E-state index contributed by atoms with van der Waals surface area (Å²) in [7, 11) is 0. The number of carbonyl (C=O) groups is 1. The molecule has 0 radical (unpaired) electrons. The first kappa shape index (κ1) is 18.8. The van der Waals surface area contributed by atoms with Crippen molar-refractivity contribution in [3.63, 3.8) is 0 Å². The van der Waals surface area contributed by atoms with Crippen molar-refractivity contribution in [2.45, 2.75) is 46.5 Å². The van der Waals surface area contributed by atoms with Gasteiger partial charge in [-0.15, -0.1) is 12.4 Å². The van der Waals surface area contributed by atoms with Crippen LogP contribution in [0.5, 0.6) is 0 Å². The number of nitrogen functional groups attached to an aromatic ring is 1. The summed E-state index contributed by atoms with van der Waals surface area (Å²) in [6.07, 6.45) is 4.73. The molecule has 1 unspecified atom stereocenters. The first-order valence-corrected chi connectivity index (χ1v) is 7.22. The molecule has 0 aliphatic heterocycles. The lowest BCUT2D eigenvalue weighted by atomic mass is 9.99. The van der Waals surface area contributed by atoms with Crippen molar-refractivity contribution >= 4 is 24.0 Å². The summed E-state index contributed by atoms with van der Waals surface area (Å²) in [6.45, 7) is 7.06. The minimum atomic E-state index is -0.0141. The molecule has 0 saturated heterocycles. The summed E-state index contributed by atoms with van der Waals surface area (Å²) in [5.41, 5.74) is 8.02. The number of halogens is 1. The van der Waals surface area contributed by atoms with E-state index in [4.69, 9.17) is 5.73 Å². The molecule has 0 fully saturated rings. The summed E-state index contributed by atoms with van der Waals surface area (Å²) in [6, 6.07) is 5.46. The van der Waals surface area contributed by atoms with Crippen molar-refractivity contribution in [1.82, 2.24) is 5.32 Å². The number of nitrogens with two attached hydrogens (primary N) is 1. The molecule has 1 aromatic rings. The summed E-state index contributed by atoms with van der Waals surface area (Å²) in [5.74, 6) is 0.560. The van der Waals surface area contributed by atoms with Crippen LogP contribution >= 0.6 is 12.4 Å². The van der Waals surface area contributed by atoms with Gasteiger partial charge in [-0.2, -0.15) is 0 Å². The van der Waals surface area contributed by atoms with E-state index < -0.39 is 0 Å². The van der Waals surface area contributed by atoms with Gasteiger partial charge in [0.05, 0.1) is 0 Å². The van der Waals surface area contributed by atoms with Gasteiger partial charge in [-0.25, -0.2) is 0 Å². The summed E-state index contributed by atoms with van der Waals surface area (Å²) in [4.78, 5) is 12.1. The number of benzene rings is 1. The molecule has 0 aliphatic carbocycles. The Kier molecular flexibility index (Phi) is 9.06. The highest BCUT2D eigenvalue weighted by molar-refractivity contribution is 5.96. The molecule has 0 heterocycles. The largest absolute Gasteiger partial charge is 0.399 e. The van der Waals surface area contributed by atoms with Gasteiger partial charge in [-0.05, 0) is 37.0 Å². The molecular formula is C16H27ClN2O. The SMILES string of the molecule is CCCCC(CC)CNC(=O)c1cc(N)ccc1C.Cl. The number of anilines is 1. The third kappa shape index (κ3) is 5.83. The number of hydrogen-bond donors (Lipinski definition) is 2. The van der Waals surface area contributed by atoms with Gasteiger partial charge in [-0.1, -0.05) is 39.2 Å². The highest BCUT2D eigenvalue weighted by Gasteiger charge is 2.12. The molecule has 0 spiro atoms. The Labute approximate surface area is 128 Å². The third-order valence-electron chi connectivity index (χ3n) is 3.60. The van der Waals surface area contributed by atoms with Crippen LogP contribution < -0.4 is 11.1 Å². The molecule has 1 atom stereocenters. The van der Waals surface area contributed by atoms with Gasteiger partial charge in [-0.3, -0.25) is 4.79 Å². The molecule has 20 heavy (non-hydrogen) atoms. The van der Waals surface area contributed by atoms with E-state index in [9.17, 15) is 4.79 Å². The molecule has 1 aromatic carbocycles. The average Bonchev–Trinajstić information content (AvgIpc) is 2.41. The maximum atomic E-state index is 12.1. The Bertz CT molecular complexity index is 421. The van der Waals surface area contributed by atoms with Crippen molar-refractivity contribution in [2.75, 3.05) is 12.3 Å². The van der Waals surface area contributed by atoms with Crippen LogP contribution in [0, 0.1) is 12.8 Å². The molecule has 0 saturated carbocycles. The Morgan fingerprint density at radius 2 is 2.05 bits per heavy atom. The second kappa shape index (κ2) is 9.65. The van der Waals surface area contributed by atoms with Crippen molar-refractivity contribution < 1.29 is 4.79 Å². The normalized spacial score (nSPS) is 11.6. The van der Waals surface area contributed by atoms with Crippen molar-refractivity contribution in [3.05, 3.63) is 29.3 Å². The van der Waals surface area contributed by atoms with Crippen molar-refractivity contribution in [1.29, 1.82) is 0 Å². The van der Waals surface area contributed by atoms with Crippen molar-refractivity contribution in [3.8, 4) is 0 Å². The first-order valence-electron chi connectivity index (χ1n) is 7.22. The smallest absolute Gasteiger partial charge is 0.251 e. The van der Waals surface area contributed by atoms with Crippen LogP contribution in [-0.2, 0) is 0 Å². The fourth-order valence-corrected chi connectivity index (χ4v) is 2.16. The second-order valence-electron chi connectivity index (χ2n) is 5.20. The lowest BCUT2D eigenvalue weighted by molar-refractivity contribution is 0.0945. The highest BCUT2D eigenvalue weighted by atomic mass is 35.5. The summed E-state index contributed by atoms with van der Waals surface area (Å²) in [5, 5.41) is 3.03. The Balaban J connectivity index is 0.00000361. The van der Waals surface area contributed by atoms with Gasteiger partial charge in [0.25, 0.3) is 5.91 Å². The number of rotatable bonds is 7. The van der Waals surface area contributed by atoms with Gasteiger partial charge < -0.3 is 11.1 Å². The number of hydrogen-bond acceptors (Lipinski definition) is 2. The van der Waals surface area contributed by atoms with Gasteiger partial charge in [0.2, 0.25) is 0 Å². The van der Waals surface area contributed by atoms with Crippen LogP contribution in [0.1, 0.15) is 55.5 Å². The average molecular weight is 299 g/mol. The number of amides is 1. The van der Waals surface area contributed by atoms with Crippen LogP contribution in [0.15, 0.2) is 18.2 Å². The predicted octanol–water partition coefficient (Wildman–Crippen LogP) is 3.95. The number of unbranched alkanes of at least 4 members (excludes halogenated alkanes) is 1. The fraction of sp³-hybridized carbons (Fsp3) is 0.562. The van der Waals surface area contributed by atoms with E-state index in [1.54, 1.807) is 6.07 Å². The number of aryl methyl sites for hydroxylation is 1. The van der Waals surface area contributed by atoms with Crippen LogP contribution in [-0.4, -0.2) is 12.5 Å². The molecule has 114 valence electrons. The molecule has 0 aromatic heterocycles. The van der Waals surface area contributed by atoms with E-state index in [1.165, 1.54) is 19.3 Å². The minimum Gasteiger partial charge on any atom is -0.399 e. The zero-order chi connectivity index (χ0) is 14.3. The van der Waals surface area contributed by atoms with E-state index in [2.05, 4.69) is 19.2 Å². The number of carbonyl (C=O) groups excluding carboxylic acids is 1. The Hall–Kier alpha value is -1.22. The zero-order valence-corrected chi connectivity index (χ0v) is 13.6. The van der Waals surface area contributed by atoms with Crippen LogP contribution in [0.4, 0.5) is 5.69 Å². The van der Waals surface area contributed by atoms with E-state index >= 15 is 0 Å². The standard InChI is InChI=1S/C16H26N2O.ClH/c1-4-6-7-13(5-2)11-18-16(19)15-10-14(17)9-8-12(15)3;/h8-10,13H,4-7,11,17H2,1-3H3,(H,18,19);1H. The van der Waals surface area contributed by atoms with Crippen LogP contribution in [0.2, 0.25) is 0 Å². The molecule has 1 amide bonds. The summed E-state index contributed by atoms with van der Waals surface area (Å²) >= 11 is 0. The minimum absolute atomic E-state index is 0. The van der Waals surface area contributed by atoms with E-state index in [0.717, 1.165) is 18.5 Å². The van der Waals surface area contributed by atoms with E-state index in [0.29, 0.717) is 17.2 Å². The van der Waals surface area contributed by atoms with Crippen molar-refractivity contribution in [2.24, 2.45) is 5.92 Å². The molecular weight excluding hydrogens is 272 g/mol. The van der Waals surface area contributed by atoms with E-state index in [-0.39, 0.29) is 18.3 Å². The van der Waals surface area contributed by atoms with Crippen LogP contribution in [0.3, 0.4) is 0 Å². The van der Waals surface area contributed by atoms with Gasteiger partial charge in [0.1, 0.15) is 0 Å². The first-order chi connectivity index (χ1) is 9.08. The summed E-state index contributed by atoms with van der Waals surface area (Å²) < 4.78 is 0. The maximum absolute atomic E-state index is 12.1. The lowest BCUT2D eigenvalue weighted by Gasteiger charge is -2.16. The highest BCUT2D eigenvalue weighted by Crippen LogP contribution is 2.14. The molecule has 0 bridgehead atoms. The number of nitrogens with one attached hydrogen (secondary N) is 1. The third-order valence-corrected chi connectivity index (χ3v) is 3.60. The topological polar surface area (TPSA) is 55.1 Å². The predicted molar refractivity (Wildman–Crippen MR) is 88.5 cm³/mol. The molecule has 3 nitrogen and oxygen atoms in total.